The van der Waals surface area contributed by atoms with Crippen LogP contribution in [0.25, 0.3) is 0 Å². The van der Waals surface area contributed by atoms with Crippen LogP contribution in [0.15, 0.2) is 0 Å². The van der Waals surface area contributed by atoms with Crippen molar-refractivity contribution in [1.82, 2.24) is 5.32 Å². The highest BCUT2D eigenvalue weighted by atomic mass is 16.5. The predicted molar refractivity (Wildman–Crippen MR) is 61.9 cm³/mol. The van der Waals surface area contributed by atoms with Crippen molar-refractivity contribution in [2.24, 2.45) is 11.8 Å². The Hall–Kier alpha value is -0.120. The highest BCUT2D eigenvalue weighted by molar-refractivity contribution is 4.86. The van der Waals surface area contributed by atoms with Crippen LogP contribution in [0.1, 0.15) is 33.1 Å². The Morgan fingerprint density at radius 2 is 2.07 bits per heavy atom. The molecule has 0 radical (unpaired) electrons. The number of nitrogens with one attached hydrogen (secondary N) is 1. The van der Waals surface area contributed by atoms with Crippen LogP contribution in [-0.2, 0) is 4.74 Å². The van der Waals surface area contributed by atoms with Gasteiger partial charge in [0.25, 0.3) is 0 Å². The van der Waals surface area contributed by atoms with Gasteiger partial charge in [0.1, 0.15) is 0 Å². The summed E-state index contributed by atoms with van der Waals surface area (Å²) < 4.78 is 4.87. The maximum absolute atomic E-state index is 9.43. The fraction of sp³-hybridized carbons (Fsp3) is 1.00. The Morgan fingerprint density at radius 3 is 2.60 bits per heavy atom. The molecule has 1 rings (SSSR count). The fourth-order valence-electron chi connectivity index (χ4n) is 2.10. The molecule has 3 nitrogen and oxygen atoms in total. The van der Waals surface area contributed by atoms with Gasteiger partial charge in [0, 0.05) is 13.2 Å². The highest BCUT2D eigenvalue weighted by Gasteiger charge is 2.30. The van der Waals surface area contributed by atoms with Gasteiger partial charge < -0.3 is 15.2 Å². The van der Waals surface area contributed by atoms with Crippen molar-refractivity contribution in [2.45, 2.75) is 45.3 Å². The molecule has 0 saturated heterocycles. The lowest BCUT2D eigenvalue weighted by Crippen LogP contribution is -2.44. The van der Waals surface area contributed by atoms with E-state index in [0.717, 1.165) is 24.8 Å². The lowest BCUT2D eigenvalue weighted by molar-refractivity contribution is 0.0570. The molecule has 0 bridgehead atoms. The molecule has 0 aromatic rings. The minimum atomic E-state index is -0.316. The van der Waals surface area contributed by atoms with Gasteiger partial charge in [-0.2, -0.15) is 0 Å². The van der Waals surface area contributed by atoms with Crippen molar-refractivity contribution in [3.05, 3.63) is 0 Å². The van der Waals surface area contributed by atoms with E-state index in [0.29, 0.717) is 12.6 Å². The molecule has 3 heteroatoms. The van der Waals surface area contributed by atoms with Gasteiger partial charge in [-0.1, -0.05) is 13.8 Å². The van der Waals surface area contributed by atoms with E-state index in [9.17, 15) is 5.11 Å². The molecule has 0 heterocycles. The predicted octanol–water partition coefficient (Wildman–Crippen LogP) is 1.41. The van der Waals surface area contributed by atoms with Crippen LogP contribution in [0, 0.1) is 11.8 Å². The van der Waals surface area contributed by atoms with Crippen molar-refractivity contribution in [1.29, 1.82) is 0 Å². The number of hydrogen-bond acceptors (Lipinski definition) is 3. The van der Waals surface area contributed by atoms with E-state index in [1.54, 1.807) is 7.11 Å². The summed E-state index contributed by atoms with van der Waals surface area (Å²) in [6.45, 7) is 5.94. The molecular formula is C12H25NO2. The zero-order valence-electron chi connectivity index (χ0n) is 10.2. The third-order valence-corrected chi connectivity index (χ3v) is 3.39. The standard InChI is InChI=1S/C12H25NO2/c1-9(2)10-6-11(7-10)13-5-4-12(14)8-15-3/h9-14H,4-8H2,1-3H3. The number of aliphatic hydroxyl groups is 1. The summed E-state index contributed by atoms with van der Waals surface area (Å²) in [7, 11) is 1.62. The summed E-state index contributed by atoms with van der Waals surface area (Å²) in [6, 6.07) is 0.687. The molecule has 0 aromatic heterocycles. The molecule has 0 aromatic carbocycles. The minimum Gasteiger partial charge on any atom is -0.391 e. The van der Waals surface area contributed by atoms with E-state index in [1.807, 2.05) is 0 Å². The molecule has 1 aliphatic rings. The van der Waals surface area contributed by atoms with E-state index in [-0.39, 0.29) is 6.10 Å². The molecular weight excluding hydrogens is 190 g/mol. The van der Waals surface area contributed by atoms with Gasteiger partial charge in [0.15, 0.2) is 0 Å². The van der Waals surface area contributed by atoms with Gasteiger partial charge in [-0.15, -0.1) is 0 Å². The normalized spacial score (nSPS) is 27.8. The monoisotopic (exact) mass is 215 g/mol. The van der Waals surface area contributed by atoms with Crippen LogP contribution in [0.5, 0.6) is 0 Å². The lowest BCUT2D eigenvalue weighted by atomic mass is 9.74. The first-order valence-electron chi connectivity index (χ1n) is 6.03. The first kappa shape index (κ1) is 12.9. The topological polar surface area (TPSA) is 41.5 Å². The van der Waals surface area contributed by atoms with Crippen LogP contribution in [0.3, 0.4) is 0 Å². The molecule has 1 atom stereocenters. The molecule has 0 aliphatic heterocycles. The number of rotatable bonds is 7. The Kier molecular flexibility index (Phi) is 5.58. The third kappa shape index (κ3) is 4.49. The summed E-state index contributed by atoms with van der Waals surface area (Å²) in [5.74, 6) is 1.73. The Bertz CT molecular complexity index is 167. The van der Waals surface area contributed by atoms with E-state index in [4.69, 9.17) is 4.74 Å². The van der Waals surface area contributed by atoms with Crippen LogP contribution in [0.4, 0.5) is 0 Å². The van der Waals surface area contributed by atoms with Crippen LogP contribution < -0.4 is 5.32 Å². The molecule has 90 valence electrons. The van der Waals surface area contributed by atoms with Crippen LogP contribution >= 0.6 is 0 Å². The van der Waals surface area contributed by atoms with Gasteiger partial charge in [-0.3, -0.25) is 0 Å². The lowest BCUT2D eigenvalue weighted by Gasteiger charge is -2.38. The van der Waals surface area contributed by atoms with Crippen molar-refractivity contribution < 1.29 is 9.84 Å². The molecule has 1 saturated carbocycles. The van der Waals surface area contributed by atoms with Gasteiger partial charge in [-0.05, 0) is 37.6 Å². The zero-order valence-corrected chi connectivity index (χ0v) is 10.2. The molecule has 1 unspecified atom stereocenters. The summed E-state index contributed by atoms with van der Waals surface area (Å²) in [5, 5.41) is 12.9. The molecule has 15 heavy (non-hydrogen) atoms. The van der Waals surface area contributed by atoms with Crippen molar-refractivity contribution >= 4 is 0 Å². The summed E-state index contributed by atoms with van der Waals surface area (Å²) in [5.41, 5.74) is 0. The third-order valence-electron chi connectivity index (χ3n) is 3.39. The van der Waals surface area contributed by atoms with Gasteiger partial charge >= 0.3 is 0 Å². The second-order valence-electron chi connectivity index (χ2n) is 5.02. The van der Waals surface area contributed by atoms with Crippen molar-refractivity contribution in [2.75, 3.05) is 20.3 Å². The highest BCUT2D eigenvalue weighted by Crippen LogP contribution is 2.33. The van der Waals surface area contributed by atoms with Crippen molar-refractivity contribution in [3.8, 4) is 0 Å². The minimum absolute atomic E-state index is 0.316. The maximum Gasteiger partial charge on any atom is 0.0785 e. The van der Waals surface area contributed by atoms with Crippen LogP contribution in [-0.4, -0.2) is 37.5 Å². The first-order valence-corrected chi connectivity index (χ1v) is 6.03. The fourth-order valence-corrected chi connectivity index (χ4v) is 2.10. The van der Waals surface area contributed by atoms with Gasteiger partial charge in [0.05, 0.1) is 12.7 Å². The number of methoxy groups -OCH3 is 1. The summed E-state index contributed by atoms with van der Waals surface area (Å²) in [4.78, 5) is 0. The average molecular weight is 215 g/mol. The van der Waals surface area contributed by atoms with Crippen LogP contribution in [0.2, 0.25) is 0 Å². The largest absolute Gasteiger partial charge is 0.391 e. The Labute approximate surface area is 93.2 Å². The molecule has 1 aliphatic carbocycles. The zero-order chi connectivity index (χ0) is 11.3. The number of ether oxygens (including phenoxy) is 1. The smallest absolute Gasteiger partial charge is 0.0785 e. The van der Waals surface area contributed by atoms with Crippen molar-refractivity contribution in [3.63, 3.8) is 0 Å². The van der Waals surface area contributed by atoms with E-state index in [2.05, 4.69) is 19.2 Å². The van der Waals surface area contributed by atoms with E-state index in [1.165, 1.54) is 12.8 Å². The van der Waals surface area contributed by atoms with E-state index < -0.39 is 0 Å². The summed E-state index contributed by atoms with van der Waals surface area (Å²) in [6.07, 6.45) is 3.08. The van der Waals surface area contributed by atoms with E-state index >= 15 is 0 Å². The quantitative estimate of drug-likeness (QED) is 0.674. The number of hydrogen-bond donors (Lipinski definition) is 2. The molecule has 2 N–H and O–H groups in total. The average Bonchev–Trinajstić information content (AvgIpc) is 2.08. The SMILES string of the molecule is COCC(O)CCNC1CC(C(C)C)C1. The maximum atomic E-state index is 9.43. The summed E-state index contributed by atoms with van der Waals surface area (Å²) >= 11 is 0. The second kappa shape index (κ2) is 6.46. The first-order chi connectivity index (χ1) is 7.13. The number of aliphatic hydroxyl groups excluding tert-OH is 1. The Morgan fingerprint density at radius 1 is 1.40 bits per heavy atom. The second-order valence-corrected chi connectivity index (χ2v) is 5.02. The molecule has 0 spiro atoms. The Balaban J connectivity index is 1.94. The molecule has 1 fully saturated rings. The molecule has 0 amide bonds. The van der Waals surface area contributed by atoms with Gasteiger partial charge in [-0.25, -0.2) is 0 Å². The van der Waals surface area contributed by atoms with Gasteiger partial charge in [0.2, 0.25) is 0 Å².